The molecule has 2 saturated heterocycles. The first-order valence-corrected chi connectivity index (χ1v) is 9.54. The number of nitrogens with one attached hydrogen (secondary N) is 1. The molecule has 1 aliphatic carbocycles. The first-order valence-electron chi connectivity index (χ1n) is 9.54. The molecule has 0 bridgehead atoms. The smallest absolute Gasteiger partial charge is 0.246 e. The fourth-order valence-electron chi connectivity index (χ4n) is 4.23. The van der Waals surface area contributed by atoms with Crippen molar-refractivity contribution < 1.29 is 14.3 Å². The SMILES string of the molecule is O=C(COC[C@H]1CCCO1)N[C@H]1CCCN(C2CCCCC2)C1. The number of carbonyl (C=O) groups excluding carboxylic acids is 1. The summed E-state index contributed by atoms with van der Waals surface area (Å²) >= 11 is 0. The summed E-state index contributed by atoms with van der Waals surface area (Å²) in [4.78, 5) is 14.7. The molecule has 1 amide bonds. The van der Waals surface area contributed by atoms with Crippen LogP contribution < -0.4 is 5.32 Å². The molecule has 2 heterocycles. The van der Waals surface area contributed by atoms with Crippen LogP contribution in [-0.2, 0) is 14.3 Å². The molecule has 0 radical (unpaired) electrons. The summed E-state index contributed by atoms with van der Waals surface area (Å²) in [7, 11) is 0. The molecule has 3 rings (SSSR count). The number of carbonyl (C=O) groups is 1. The third-order valence-corrected chi connectivity index (χ3v) is 5.47. The van der Waals surface area contributed by atoms with Crippen LogP contribution in [0.2, 0.25) is 0 Å². The molecular formula is C18H32N2O3. The fraction of sp³-hybridized carbons (Fsp3) is 0.944. The maximum atomic E-state index is 12.1. The lowest BCUT2D eigenvalue weighted by Crippen LogP contribution is -2.52. The molecule has 132 valence electrons. The molecule has 2 aliphatic heterocycles. The molecule has 0 spiro atoms. The lowest BCUT2D eigenvalue weighted by molar-refractivity contribution is -0.128. The van der Waals surface area contributed by atoms with Gasteiger partial charge in [0.05, 0.1) is 12.7 Å². The van der Waals surface area contributed by atoms with Crippen molar-refractivity contribution in [1.82, 2.24) is 10.2 Å². The first-order chi connectivity index (χ1) is 11.3. The molecule has 0 unspecified atom stereocenters. The van der Waals surface area contributed by atoms with Gasteiger partial charge in [0, 0.05) is 25.2 Å². The second-order valence-electron chi connectivity index (χ2n) is 7.34. The summed E-state index contributed by atoms with van der Waals surface area (Å²) in [5, 5.41) is 3.17. The van der Waals surface area contributed by atoms with Gasteiger partial charge in [0.1, 0.15) is 6.61 Å². The molecule has 1 saturated carbocycles. The van der Waals surface area contributed by atoms with Gasteiger partial charge in [-0.3, -0.25) is 9.69 Å². The number of ether oxygens (including phenoxy) is 2. The van der Waals surface area contributed by atoms with Gasteiger partial charge in [-0.2, -0.15) is 0 Å². The van der Waals surface area contributed by atoms with Crippen molar-refractivity contribution in [3.8, 4) is 0 Å². The van der Waals surface area contributed by atoms with E-state index in [2.05, 4.69) is 10.2 Å². The van der Waals surface area contributed by atoms with Crippen LogP contribution >= 0.6 is 0 Å². The van der Waals surface area contributed by atoms with Gasteiger partial charge in [-0.1, -0.05) is 19.3 Å². The molecule has 0 aromatic rings. The van der Waals surface area contributed by atoms with E-state index in [1.165, 1.54) is 45.1 Å². The average Bonchev–Trinajstić information content (AvgIpc) is 3.09. The summed E-state index contributed by atoms with van der Waals surface area (Å²) < 4.78 is 11.0. The van der Waals surface area contributed by atoms with E-state index in [9.17, 15) is 4.79 Å². The molecule has 3 aliphatic rings. The molecule has 5 heteroatoms. The van der Waals surface area contributed by atoms with Gasteiger partial charge in [-0.15, -0.1) is 0 Å². The van der Waals surface area contributed by atoms with Gasteiger partial charge in [0.25, 0.3) is 0 Å². The van der Waals surface area contributed by atoms with E-state index >= 15 is 0 Å². The van der Waals surface area contributed by atoms with Crippen LogP contribution in [0.5, 0.6) is 0 Å². The van der Waals surface area contributed by atoms with Crippen LogP contribution in [0, 0.1) is 0 Å². The Kier molecular flexibility index (Phi) is 6.72. The quantitative estimate of drug-likeness (QED) is 0.813. The van der Waals surface area contributed by atoms with Crippen LogP contribution in [0.15, 0.2) is 0 Å². The minimum Gasteiger partial charge on any atom is -0.376 e. The lowest BCUT2D eigenvalue weighted by Gasteiger charge is -2.40. The van der Waals surface area contributed by atoms with Crippen LogP contribution in [0.3, 0.4) is 0 Å². The van der Waals surface area contributed by atoms with Gasteiger partial charge in [-0.25, -0.2) is 0 Å². The Morgan fingerprint density at radius 2 is 1.96 bits per heavy atom. The van der Waals surface area contributed by atoms with Gasteiger partial charge in [-0.05, 0) is 45.1 Å². The molecule has 3 fully saturated rings. The van der Waals surface area contributed by atoms with Gasteiger partial charge in [0.2, 0.25) is 5.91 Å². The predicted molar refractivity (Wildman–Crippen MR) is 89.4 cm³/mol. The maximum Gasteiger partial charge on any atom is 0.246 e. The first kappa shape index (κ1) is 17.2. The zero-order chi connectivity index (χ0) is 15.9. The molecule has 1 N–H and O–H groups in total. The minimum absolute atomic E-state index is 0.0264. The van der Waals surface area contributed by atoms with E-state index in [0.29, 0.717) is 12.6 Å². The number of hydrogen-bond acceptors (Lipinski definition) is 4. The van der Waals surface area contributed by atoms with Crippen LogP contribution in [0.25, 0.3) is 0 Å². The average molecular weight is 324 g/mol. The second-order valence-corrected chi connectivity index (χ2v) is 7.34. The zero-order valence-corrected chi connectivity index (χ0v) is 14.3. The molecule has 23 heavy (non-hydrogen) atoms. The molecule has 0 aromatic heterocycles. The highest BCUT2D eigenvalue weighted by atomic mass is 16.5. The number of nitrogens with zero attached hydrogens (tertiary/aromatic N) is 1. The van der Waals surface area contributed by atoms with E-state index in [1.54, 1.807) is 0 Å². The van der Waals surface area contributed by atoms with E-state index in [1.807, 2.05) is 0 Å². The minimum atomic E-state index is 0.0264. The largest absolute Gasteiger partial charge is 0.376 e. The third-order valence-electron chi connectivity index (χ3n) is 5.47. The summed E-state index contributed by atoms with van der Waals surface area (Å²) in [5.74, 6) is 0.0264. The highest BCUT2D eigenvalue weighted by molar-refractivity contribution is 5.77. The Labute approximate surface area is 140 Å². The monoisotopic (exact) mass is 324 g/mol. The number of piperidine rings is 1. The summed E-state index contributed by atoms with van der Waals surface area (Å²) in [5.41, 5.74) is 0. The van der Waals surface area contributed by atoms with E-state index in [0.717, 1.165) is 38.5 Å². The topological polar surface area (TPSA) is 50.8 Å². The predicted octanol–water partition coefficient (Wildman–Crippen LogP) is 2.10. The molecule has 0 aromatic carbocycles. The Morgan fingerprint density at radius 1 is 1.09 bits per heavy atom. The number of rotatable bonds is 6. The summed E-state index contributed by atoms with van der Waals surface area (Å²) in [6.07, 6.45) is 11.5. The summed E-state index contributed by atoms with van der Waals surface area (Å²) in [6, 6.07) is 1.05. The third kappa shape index (κ3) is 5.44. The van der Waals surface area contributed by atoms with Gasteiger partial charge < -0.3 is 14.8 Å². The van der Waals surface area contributed by atoms with Crippen molar-refractivity contribution in [3.05, 3.63) is 0 Å². The van der Waals surface area contributed by atoms with Crippen molar-refractivity contribution in [2.75, 3.05) is 32.9 Å². The number of amides is 1. The Hall–Kier alpha value is -0.650. The van der Waals surface area contributed by atoms with E-state index in [-0.39, 0.29) is 18.6 Å². The maximum absolute atomic E-state index is 12.1. The molecule has 2 atom stereocenters. The van der Waals surface area contributed by atoms with Gasteiger partial charge >= 0.3 is 0 Å². The Balaban J connectivity index is 1.34. The standard InChI is InChI=1S/C18H32N2O3/c21-18(14-22-13-17-9-5-11-23-17)19-15-6-4-10-20(12-15)16-7-2-1-3-8-16/h15-17H,1-14H2,(H,19,21)/t15-,17+/m0/s1. The fourth-order valence-corrected chi connectivity index (χ4v) is 4.23. The Bertz CT molecular complexity index is 365. The number of hydrogen-bond donors (Lipinski definition) is 1. The second kappa shape index (κ2) is 9.00. The molecule has 5 nitrogen and oxygen atoms in total. The van der Waals surface area contributed by atoms with Crippen molar-refractivity contribution in [3.63, 3.8) is 0 Å². The van der Waals surface area contributed by atoms with Gasteiger partial charge in [0.15, 0.2) is 0 Å². The number of likely N-dealkylation sites (tertiary alicyclic amines) is 1. The van der Waals surface area contributed by atoms with Crippen molar-refractivity contribution in [2.45, 2.75) is 76.0 Å². The van der Waals surface area contributed by atoms with Crippen LogP contribution in [-0.4, -0.2) is 61.9 Å². The van der Waals surface area contributed by atoms with E-state index < -0.39 is 0 Å². The van der Waals surface area contributed by atoms with Crippen molar-refractivity contribution >= 4 is 5.91 Å². The van der Waals surface area contributed by atoms with Crippen LogP contribution in [0.1, 0.15) is 57.8 Å². The van der Waals surface area contributed by atoms with Crippen molar-refractivity contribution in [1.29, 1.82) is 0 Å². The normalized spacial score (nSPS) is 30.4. The Morgan fingerprint density at radius 3 is 2.74 bits per heavy atom. The molecular weight excluding hydrogens is 292 g/mol. The summed E-state index contributed by atoms with van der Waals surface area (Å²) in [6.45, 7) is 3.76. The zero-order valence-electron chi connectivity index (χ0n) is 14.3. The highest BCUT2D eigenvalue weighted by Crippen LogP contribution is 2.25. The van der Waals surface area contributed by atoms with Crippen LogP contribution in [0.4, 0.5) is 0 Å². The van der Waals surface area contributed by atoms with E-state index in [4.69, 9.17) is 9.47 Å². The highest BCUT2D eigenvalue weighted by Gasteiger charge is 2.27. The van der Waals surface area contributed by atoms with Crippen molar-refractivity contribution in [2.24, 2.45) is 0 Å². The lowest BCUT2D eigenvalue weighted by atomic mass is 9.92.